The van der Waals surface area contributed by atoms with Crippen LogP contribution < -0.4 is 5.73 Å². The smallest absolute Gasteiger partial charge is 0.156 e. The molecule has 90 valence electrons. The average Bonchev–Trinajstić information content (AvgIpc) is 1.96. The van der Waals surface area contributed by atoms with Gasteiger partial charge in [0.25, 0.3) is 0 Å². The molecule has 0 aliphatic rings. The number of pyridine rings is 1. The predicted octanol–water partition coefficient (Wildman–Crippen LogP) is 1.50. The van der Waals surface area contributed by atoms with Crippen molar-refractivity contribution in [1.82, 2.24) is 4.98 Å². The molecule has 0 aliphatic carbocycles. The van der Waals surface area contributed by atoms with E-state index in [1.165, 1.54) is 0 Å². The molecule has 0 atom stereocenters. The topological polar surface area (TPSA) is 73.1 Å². The Morgan fingerprint density at radius 3 is 2.56 bits per heavy atom. The lowest BCUT2D eigenvalue weighted by atomic mass is 10.1. The Balaban J connectivity index is 2.81. The van der Waals surface area contributed by atoms with E-state index in [1.54, 1.807) is 32.3 Å². The Hall–Kier alpha value is -0.460. The summed E-state index contributed by atoms with van der Waals surface area (Å²) in [6.07, 6.45) is 3.16. The average molecular weight is 307 g/mol. The van der Waals surface area contributed by atoms with Crippen LogP contribution in [0.4, 0.5) is 0 Å². The van der Waals surface area contributed by atoms with Gasteiger partial charge in [-0.3, -0.25) is 4.98 Å². The van der Waals surface area contributed by atoms with E-state index >= 15 is 0 Å². The van der Waals surface area contributed by atoms with E-state index < -0.39 is 15.4 Å². The second kappa shape index (κ2) is 4.81. The molecule has 0 aliphatic heterocycles. The van der Waals surface area contributed by atoms with E-state index in [4.69, 9.17) is 5.73 Å². The fraction of sp³-hybridized carbons (Fsp3) is 0.500. The molecule has 0 radical (unpaired) electrons. The highest BCUT2D eigenvalue weighted by Gasteiger charge is 2.22. The third-order valence-electron chi connectivity index (χ3n) is 1.74. The largest absolute Gasteiger partial charge is 0.325 e. The summed E-state index contributed by atoms with van der Waals surface area (Å²) in [5.74, 6) is -0.0629. The maximum Gasteiger partial charge on any atom is 0.156 e. The van der Waals surface area contributed by atoms with Crippen molar-refractivity contribution in [3.8, 4) is 0 Å². The monoisotopic (exact) mass is 306 g/mol. The standard InChI is InChI=1S/C10H15BrN2O2S/c1-10(2,12)7-16(14,15)6-8-3-9(11)5-13-4-8/h3-5H,6-7,12H2,1-2H3. The Labute approximate surface area is 104 Å². The summed E-state index contributed by atoms with van der Waals surface area (Å²) in [6, 6.07) is 1.74. The third kappa shape index (κ3) is 5.05. The Bertz CT molecular complexity index is 466. The number of hydrogen-bond donors (Lipinski definition) is 1. The van der Waals surface area contributed by atoms with Crippen molar-refractivity contribution < 1.29 is 8.42 Å². The van der Waals surface area contributed by atoms with Crippen LogP contribution in [-0.2, 0) is 15.6 Å². The highest BCUT2D eigenvalue weighted by atomic mass is 79.9. The van der Waals surface area contributed by atoms with Gasteiger partial charge in [-0.05, 0) is 41.4 Å². The van der Waals surface area contributed by atoms with Crippen molar-refractivity contribution in [2.75, 3.05) is 5.75 Å². The second-order valence-electron chi connectivity index (χ2n) is 4.53. The fourth-order valence-corrected chi connectivity index (χ4v) is 3.72. The van der Waals surface area contributed by atoms with Gasteiger partial charge in [-0.1, -0.05) is 0 Å². The molecule has 1 heterocycles. The molecule has 1 rings (SSSR count). The van der Waals surface area contributed by atoms with Crippen molar-refractivity contribution in [3.63, 3.8) is 0 Å². The zero-order chi connectivity index (χ0) is 12.4. The summed E-state index contributed by atoms with van der Waals surface area (Å²) < 4.78 is 24.4. The van der Waals surface area contributed by atoms with Crippen LogP contribution >= 0.6 is 15.9 Å². The summed E-state index contributed by atoms with van der Waals surface area (Å²) in [7, 11) is -3.19. The van der Waals surface area contributed by atoms with Gasteiger partial charge in [0.1, 0.15) is 0 Å². The van der Waals surface area contributed by atoms with Crippen molar-refractivity contribution >= 4 is 25.8 Å². The lowest BCUT2D eigenvalue weighted by Crippen LogP contribution is -2.40. The van der Waals surface area contributed by atoms with Crippen LogP contribution in [0.3, 0.4) is 0 Å². The van der Waals surface area contributed by atoms with Crippen molar-refractivity contribution in [3.05, 3.63) is 28.5 Å². The number of nitrogens with two attached hydrogens (primary N) is 1. The summed E-state index contributed by atoms with van der Waals surface area (Å²) in [5.41, 5.74) is 5.66. The van der Waals surface area contributed by atoms with Gasteiger partial charge in [-0.2, -0.15) is 0 Å². The predicted molar refractivity (Wildman–Crippen MR) is 67.7 cm³/mol. The SMILES string of the molecule is CC(C)(N)CS(=O)(=O)Cc1cncc(Br)c1. The van der Waals surface area contributed by atoms with Crippen LogP contribution in [0.1, 0.15) is 19.4 Å². The molecule has 0 aromatic carbocycles. The number of nitrogens with zero attached hydrogens (tertiary/aromatic N) is 1. The van der Waals surface area contributed by atoms with E-state index in [0.717, 1.165) is 4.47 Å². The summed E-state index contributed by atoms with van der Waals surface area (Å²) >= 11 is 3.25. The Kier molecular flexibility index (Phi) is 4.09. The zero-order valence-corrected chi connectivity index (χ0v) is 11.7. The number of sulfone groups is 1. The van der Waals surface area contributed by atoms with Crippen LogP contribution in [0.25, 0.3) is 0 Å². The first-order valence-electron chi connectivity index (χ1n) is 4.77. The maximum absolute atomic E-state index is 11.8. The van der Waals surface area contributed by atoms with Gasteiger partial charge in [0.05, 0.1) is 11.5 Å². The summed E-state index contributed by atoms with van der Waals surface area (Å²) in [4.78, 5) is 3.92. The molecule has 6 heteroatoms. The van der Waals surface area contributed by atoms with E-state index in [0.29, 0.717) is 5.56 Å². The minimum absolute atomic E-state index is 0.0277. The van der Waals surface area contributed by atoms with E-state index in [1.807, 2.05) is 0 Å². The molecule has 0 saturated heterocycles. The highest BCUT2D eigenvalue weighted by molar-refractivity contribution is 9.10. The van der Waals surface area contributed by atoms with Gasteiger partial charge in [-0.15, -0.1) is 0 Å². The maximum atomic E-state index is 11.8. The van der Waals surface area contributed by atoms with Crippen molar-refractivity contribution in [1.29, 1.82) is 0 Å². The van der Waals surface area contributed by atoms with E-state index in [9.17, 15) is 8.42 Å². The summed E-state index contributed by atoms with van der Waals surface area (Å²) in [6.45, 7) is 3.40. The van der Waals surface area contributed by atoms with Crippen LogP contribution in [0.5, 0.6) is 0 Å². The first kappa shape index (κ1) is 13.6. The normalized spacial score (nSPS) is 12.8. The van der Waals surface area contributed by atoms with Crippen molar-refractivity contribution in [2.24, 2.45) is 5.73 Å². The van der Waals surface area contributed by atoms with E-state index in [-0.39, 0.29) is 11.5 Å². The second-order valence-corrected chi connectivity index (χ2v) is 7.51. The van der Waals surface area contributed by atoms with Gasteiger partial charge < -0.3 is 5.73 Å². The lowest BCUT2D eigenvalue weighted by Gasteiger charge is -2.18. The van der Waals surface area contributed by atoms with Gasteiger partial charge in [-0.25, -0.2) is 8.42 Å². The van der Waals surface area contributed by atoms with Crippen LogP contribution in [-0.4, -0.2) is 24.7 Å². The molecule has 16 heavy (non-hydrogen) atoms. The van der Waals surface area contributed by atoms with Gasteiger partial charge in [0, 0.05) is 22.4 Å². The molecule has 0 saturated carbocycles. The number of hydrogen-bond acceptors (Lipinski definition) is 4. The molecule has 4 nitrogen and oxygen atoms in total. The fourth-order valence-electron chi connectivity index (χ4n) is 1.41. The van der Waals surface area contributed by atoms with Crippen LogP contribution in [0, 0.1) is 0 Å². The van der Waals surface area contributed by atoms with Crippen molar-refractivity contribution in [2.45, 2.75) is 25.1 Å². The Morgan fingerprint density at radius 2 is 2.06 bits per heavy atom. The molecule has 0 amide bonds. The van der Waals surface area contributed by atoms with Gasteiger partial charge in [0.15, 0.2) is 9.84 Å². The third-order valence-corrected chi connectivity index (χ3v) is 4.13. The van der Waals surface area contributed by atoms with Gasteiger partial charge >= 0.3 is 0 Å². The highest BCUT2D eigenvalue weighted by Crippen LogP contribution is 2.14. The molecule has 0 unspecified atom stereocenters. The number of halogens is 1. The van der Waals surface area contributed by atoms with Crippen LogP contribution in [0.15, 0.2) is 22.9 Å². The Morgan fingerprint density at radius 1 is 1.44 bits per heavy atom. The van der Waals surface area contributed by atoms with Gasteiger partial charge in [0.2, 0.25) is 0 Å². The molecule has 1 aromatic heterocycles. The van der Waals surface area contributed by atoms with Crippen LogP contribution in [0.2, 0.25) is 0 Å². The molecule has 0 spiro atoms. The molecular weight excluding hydrogens is 292 g/mol. The molecule has 1 aromatic rings. The molecule has 0 bridgehead atoms. The molecule has 0 fully saturated rings. The first-order valence-corrected chi connectivity index (χ1v) is 7.38. The number of rotatable bonds is 4. The quantitative estimate of drug-likeness (QED) is 0.915. The minimum atomic E-state index is -3.19. The molecular formula is C10H15BrN2O2S. The first-order chi connectivity index (χ1) is 7.18. The zero-order valence-electron chi connectivity index (χ0n) is 9.27. The molecule has 2 N–H and O–H groups in total. The summed E-state index contributed by atoms with van der Waals surface area (Å²) in [5, 5.41) is 0. The lowest BCUT2D eigenvalue weighted by molar-refractivity contribution is 0.544. The number of aromatic nitrogens is 1. The van der Waals surface area contributed by atoms with E-state index in [2.05, 4.69) is 20.9 Å². The minimum Gasteiger partial charge on any atom is -0.325 e.